The summed E-state index contributed by atoms with van der Waals surface area (Å²) in [6.07, 6.45) is 1.80. The number of hydrogen-bond donors (Lipinski definition) is 3. The lowest BCUT2D eigenvalue weighted by atomic mass is 10.0. The van der Waals surface area contributed by atoms with E-state index in [2.05, 4.69) is 20.8 Å². The summed E-state index contributed by atoms with van der Waals surface area (Å²) in [7, 11) is 3.47. The Morgan fingerprint density at radius 3 is 2.63 bits per heavy atom. The minimum Gasteiger partial charge on any atom is -0.383 e. The number of methoxy groups -OCH3 is 1. The van der Waals surface area contributed by atoms with Crippen LogP contribution >= 0.6 is 0 Å². The fourth-order valence-electron chi connectivity index (χ4n) is 4.61. The van der Waals surface area contributed by atoms with Crippen molar-refractivity contribution in [1.82, 2.24) is 25.4 Å². The van der Waals surface area contributed by atoms with Gasteiger partial charge in [0.1, 0.15) is 5.82 Å². The van der Waals surface area contributed by atoms with E-state index >= 15 is 0 Å². The second-order valence-corrected chi connectivity index (χ2v) is 9.22. The largest absolute Gasteiger partial charge is 0.383 e. The van der Waals surface area contributed by atoms with E-state index in [1.165, 1.54) is 12.1 Å². The zero-order chi connectivity index (χ0) is 26.8. The Hall–Kier alpha value is -4.50. The van der Waals surface area contributed by atoms with E-state index < -0.39 is 0 Å². The molecule has 0 aliphatic heterocycles. The van der Waals surface area contributed by atoms with Gasteiger partial charge in [-0.25, -0.2) is 4.39 Å². The molecular formula is C29H28FN5O3. The van der Waals surface area contributed by atoms with Gasteiger partial charge in [0, 0.05) is 43.2 Å². The summed E-state index contributed by atoms with van der Waals surface area (Å²) in [5.41, 5.74) is 5.03. The summed E-state index contributed by atoms with van der Waals surface area (Å²) in [5.74, 6) is -0.848. The SMILES string of the molecule is COCCNC(=O)c1n[nH]c2cc(-c3ccc4c(c3)c(C(=O)NC(C)c3cccc(F)c3)cn4C)ccc12. The first kappa shape index (κ1) is 25.2. The van der Waals surface area contributed by atoms with Crippen LogP contribution in [0.15, 0.2) is 66.9 Å². The molecule has 9 heteroatoms. The minimum absolute atomic E-state index is 0.238. The van der Waals surface area contributed by atoms with E-state index in [1.807, 2.05) is 54.9 Å². The van der Waals surface area contributed by atoms with Crippen LogP contribution in [0.2, 0.25) is 0 Å². The third-order valence-electron chi connectivity index (χ3n) is 6.63. The second-order valence-electron chi connectivity index (χ2n) is 9.22. The molecule has 38 heavy (non-hydrogen) atoms. The van der Waals surface area contributed by atoms with Gasteiger partial charge in [-0.1, -0.05) is 24.3 Å². The van der Waals surface area contributed by atoms with Crippen LogP contribution in [-0.4, -0.2) is 46.8 Å². The molecule has 0 aliphatic carbocycles. The minimum atomic E-state index is -0.361. The lowest BCUT2D eigenvalue weighted by Gasteiger charge is -2.14. The number of aromatic amines is 1. The maximum atomic E-state index is 13.7. The van der Waals surface area contributed by atoms with E-state index in [0.29, 0.717) is 30.0 Å². The quantitative estimate of drug-likeness (QED) is 0.261. The third-order valence-corrected chi connectivity index (χ3v) is 6.63. The molecule has 2 heterocycles. The van der Waals surface area contributed by atoms with Crippen molar-refractivity contribution in [2.45, 2.75) is 13.0 Å². The number of hydrogen-bond acceptors (Lipinski definition) is 4. The highest BCUT2D eigenvalue weighted by atomic mass is 19.1. The number of aryl methyl sites for hydroxylation is 1. The predicted molar refractivity (Wildman–Crippen MR) is 144 cm³/mol. The van der Waals surface area contributed by atoms with Gasteiger partial charge in [-0.15, -0.1) is 0 Å². The third kappa shape index (κ3) is 4.88. The number of carbonyl (C=O) groups excluding carboxylic acids is 2. The van der Waals surface area contributed by atoms with Gasteiger partial charge in [0.15, 0.2) is 5.69 Å². The molecule has 0 fully saturated rings. The van der Waals surface area contributed by atoms with Gasteiger partial charge in [-0.3, -0.25) is 14.7 Å². The molecule has 0 radical (unpaired) electrons. The van der Waals surface area contributed by atoms with Gasteiger partial charge in [0.2, 0.25) is 0 Å². The van der Waals surface area contributed by atoms with E-state index in [0.717, 1.165) is 32.9 Å². The van der Waals surface area contributed by atoms with Crippen molar-refractivity contribution < 1.29 is 18.7 Å². The molecule has 0 spiro atoms. The highest BCUT2D eigenvalue weighted by Gasteiger charge is 2.19. The van der Waals surface area contributed by atoms with Crippen LogP contribution in [0.3, 0.4) is 0 Å². The van der Waals surface area contributed by atoms with Crippen molar-refractivity contribution >= 4 is 33.6 Å². The smallest absolute Gasteiger partial charge is 0.272 e. The van der Waals surface area contributed by atoms with Crippen LogP contribution in [-0.2, 0) is 11.8 Å². The lowest BCUT2D eigenvalue weighted by molar-refractivity contribution is 0.0928. The average molecular weight is 514 g/mol. The van der Waals surface area contributed by atoms with Crippen molar-refractivity contribution in [3.63, 3.8) is 0 Å². The molecule has 1 unspecified atom stereocenters. The van der Waals surface area contributed by atoms with E-state index in [4.69, 9.17) is 4.74 Å². The predicted octanol–water partition coefficient (Wildman–Crippen LogP) is 4.73. The molecule has 5 aromatic rings. The van der Waals surface area contributed by atoms with Crippen molar-refractivity contribution in [3.8, 4) is 11.1 Å². The molecule has 0 saturated heterocycles. The van der Waals surface area contributed by atoms with Crippen LogP contribution in [0, 0.1) is 5.82 Å². The number of benzene rings is 3. The topological polar surface area (TPSA) is 101 Å². The maximum absolute atomic E-state index is 13.7. The number of rotatable bonds is 8. The van der Waals surface area contributed by atoms with Gasteiger partial charge in [-0.05, 0) is 60.0 Å². The number of aromatic nitrogens is 3. The van der Waals surface area contributed by atoms with Gasteiger partial charge in [-0.2, -0.15) is 5.10 Å². The molecule has 194 valence electrons. The molecule has 2 aromatic heterocycles. The normalized spacial score (nSPS) is 12.1. The lowest BCUT2D eigenvalue weighted by Crippen LogP contribution is -2.27. The second kappa shape index (κ2) is 10.5. The highest BCUT2D eigenvalue weighted by molar-refractivity contribution is 6.08. The zero-order valence-electron chi connectivity index (χ0n) is 21.3. The zero-order valence-corrected chi connectivity index (χ0v) is 21.3. The van der Waals surface area contributed by atoms with Gasteiger partial charge in [0.25, 0.3) is 11.8 Å². The van der Waals surface area contributed by atoms with E-state index in [1.54, 1.807) is 25.4 Å². The summed E-state index contributed by atoms with van der Waals surface area (Å²) in [6, 6.07) is 17.5. The number of fused-ring (bicyclic) bond motifs is 2. The average Bonchev–Trinajstić information content (AvgIpc) is 3.49. The van der Waals surface area contributed by atoms with E-state index in [-0.39, 0.29) is 23.7 Å². The summed E-state index contributed by atoms with van der Waals surface area (Å²) < 4.78 is 20.5. The Bertz CT molecular complexity index is 1660. The summed E-state index contributed by atoms with van der Waals surface area (Å²) in [4.78, 5) is 25.7. The number of carbonyl (C=O) groups is 2. The maximum Gasteiger partial charge on any atom is 0.272 e. The summed E-state index contributed by atoms with van der Waals surface area (Å²) in [5, 5.41) is 14.4. The van der Waals surface area contributed by atoms with Gasteiger partial charge >= 0.3 is 0 Å². The fraction of sp³-hybridized carbons (Fsp3) is 0.207. The summed E-state index contributed by atoms with van der Waals surface area (Å²) >= 11 is 0. The Labute approximate surface area is 218 Å². The molecule has 0 saturated carbocycles. The molecule has 5 rings (SSSR count). The monoisotopic (exact) mass is 513 g/mol. The molecule has 8 nitrogen and oxygen atoms in total. The van der Waals surface area contributed by atoms with Crippen molar-refractivity contribution in [3.05, 3.63) is 89.5 Å². The van der Waals surface area contributed by atoms with Crippen LogP contribution in [0.1, 0.15) is 39.4 Å². The molecule has 2 amide bonds. The number of halogens is 1. The Balaban J connectivity index is 1.43. The van der Waals surface area contributed by atoms with Crippen LogP contribution in [0.4, 0.5) is 4.39 Å². The van der Waals surface area contributed by atoms with Gasteiger partial charge in [0.05, 0.1) is 23.7 Å². The van der Waals surface area contributed by atoms with Crippen molar-refractivity contribution in [2.24, 2.45) is 7.05 Å². The molecule has 1 atom stereocenters. The first-order valence-electron chi connectivity index (χ1n) is 12.3. The van der Waals surface area contributed by atoms with Crippen LogP contribution in [0.5, 0.6) is 0 Å². The summed E-state index contributed by atoms with van der Waals surface area (Å²) in [6.45, 7) is 2.65. The standard InChI is InChI=1S/C29H28FN5O3/c1-17(18-5-4-6-21(30)13-18)32-28(36)24-16-35(2)26-10-8-19(14-23(24)26)20-7-9-22-25(15-20)33-34-27(22)29(37)31-11-12-38-3/h4-10,13-17H,11-12H2,1-3H3,(H,31,37)(H,32,36)(H,33,34). The van der Waals surface area contributed by atoms with Crippen molar-refractivity contribution in [2.75, 3.05) is 20.3 Å². The molecule has 3 aromatic carbocycles. The van der Waals surface area contributed by atoms with Crippen molar-refractivity contribution in [1.29, 1.82) is 0 Å². The Morgan fingerprint density at radius 2 is 1.84 bits per heavy atom. The number of ether oxygens (including phenoxy) is 1. The highest BCUT2D eigenvalue weighted by Crippen LogP contribution is 2.30. The van der Waals surface area contributed by atoms with Crippen LogP contribution < -0.4 is 10.6 Å². The Morgan fingerprint density at radius 1 is 1.05 bits per heavy atom. The Kier molecular flexibility index (Phi) is 6.93. The first-order chi connectivity index (χ1) is 18.4. The number of amides is 2. The number of nitrogens with zero attached hydrogens (tertiary/aromatic N) is 2. The molecule has 0 bridgehead atoms. The molecule has 0 aliphatic rings. The number of nitrogens with one attached hydrogen (secondary N) is 3. The fourth-order valence-corrected chi connectivity index (χ4v) is 4.61. The molecular weight excluding hydrogens is 485 g/mol. The first-order valence-corrected chi connectivity index (χ1v) is 12.3. The number of H-pyrrole nitrogens is 1. The van der Waals surface area contributed by atoms with E-state index in [9.17, 15) is 14.0 Å². The van der Waals surface area contributed by atoms with Crippen LogP contribution in [0.25, 0.3) is 32.9 Å². The van der Waals surface area contributed by atoms with Gasteiger partial charge < -0.3 is 19.9 Å². The molecule has 3 N–H and O–H groups in total.